The molecule has 1 aromatic heterocycles. The highest BCUT2D eigenvalue weighted by molar-refractivity contribution is 8.01. The molecule has 2 unspecified atom stereocenters. The van der Waals surface area contributed by atoms with Crippen molar-refractivity contribution in [2.75, 3.05) is 7.05 Å². The van der Waals surface area contributed by atoms with Gasteiger partial charge >= 0.3 is 0 Å². The number of thioether (sulfide) groups is 1. The van der Waals surface area contributed by atoms with Gasteiger partial charge in [-0.1, -0.05) is 30.8 Å². The van der Waals surface area contributed by atoms with Gasteiger partial charge in [-0.2, -0.15) is 0 Å². The van der Waals surface area contributed by atoms with Gasteiger partial charge in [0.05, 0.1) is 10.2 Å². The van der Waals surface area contributed by atoms with Gasteiger partial charge in [0.15, 0.2) is 4.34 Å². The Balaban J connectivity index is 2.03. The van der Waals surface area contributed by atoms with E-state index in [1.807, 2.05) is 24.9 Å². The number of hydrogen-bond donors (Lipinski definition) is 1. The molecule has 17 heavy (non-hydrogen) atoms. The second-order valence-electron chi connectivity index (χ2n) is 4.30. The highest BCUT2D eigenvalue weighted by Crippen LogP contribution is 2.33. The molecule has 2 atom stereocenters. The predicted octanol–water partition coefficient (Wildman–Crippen LogP) is 3.77. The van der Waals surface area contributed by atoms with Crippen LogP contribution < -0.4 is 5.32 Å². The van der Waals surface area contributed by atoms with Gasteiger partial charge in [0.25, 0.3) is 0 Å². The Labute approximate surface area is 111 Å². The highest BCUT2D eigenvalue weighted by Gasteiger charge is 2.11. The Hall–Kier alpha value is -0.580. The van der Waals surface area contributed by atoms with Crippen molar-refractivity contribution >= 4 is 33.3 Å². The molecule has 0 spiro atoms. The molecule has 0 saturated heterocycles. The molecule has 2 aromatic rings. The van der Waals surface area contributed by atoms with Crippen LogP contribution in [0.5, 0.6) is 0 Å². The molecule has 1 aromatic carbocycles. The number of nitrogens with one attached hydrogen (secondary N) is 1. The summed E-state index contributed by atoms with van der Waals surface area (Å²) < 4.78 is 2.46. The van der Waals surface area contributed by atoms with Crippen LogP contribution in [0.2, 0.25) is 0 Å². The SMILES string of the molecule is CNC(C)CC(C)Sc1nc2ccccc2s1. The van der Waals surface area contributed by atoms with Gasteiger partial charge in [-0.05, 0) is 32.5 Å². The van der Waals surface area contributed by atoms with Crippen LogP contribution >= 0.6 is 23.1 Å². The zero-order valence-electron chi connectivity index (χ0n) is 10.4. The first-order chi connectivity index (χ1) is 8.19. The van der Waals surface area contributed by atoms with E-state index in [4.69, 9.17) is 0 Å². The molecule has 0 bridgehead atoms. The normalized spacial score (nSPS) is 15.0. The average Bonchev–Trinajstić information content (AvgIpc) is 2.70. The van der Waals surface area contributed by atoms with Crippen LogP contribution in [-0.4, -0.2) is 23.3 Å². The van der Waals surface area contributed by atoms with Crippen molar-refractivity contribution in [2.45, 2.75) is 35.9 Å². The van der Waals surface area contributed by atoms with E-state index in [2.05, 4.69) is 42.3 Å². The minimum absolute atomic E-state index is 0.562. The van der Waals surface area contributed by atoms with Gasteiger partial charge in [0, 0.05) is 11.3 Å². The molecule has 0 radical (unpaired) electrons. The average molecular weight is 266 g/mol. The molecular formula is C13H18N2S2. The first-order valence-corrected chi connectivity index (χ1v) is 7.58. The van der Waals surface area contributed by atoms with Crippen molar-refractivity contribution in [1.29, 1.82) is 0 Å². The summed E-state index contributed by atoms with van der Waals surface area (Å²) in [5, 5.41) is 3.87. The summed E-state index contributed by atoms with van der Waals surface area (Å²) in [7, 11) is 2.01. The molecule has 0 saturated carbocycles. The number of para-hydroxylation sites is 1. The minimum atomic E-state index is 0.562. The standard InChI is InChI=1S/C13H18N2S2/c1-9(14-3)8-10(2)16-13-15-11-6-4-5-7-12(11)17-13/h4-7,9-10,14H,8H2,1-3H3. The lowest BCUT2D eigenvalue weighted by Crippen LogP contribution is -2.24. The lowest BCUT2D eigenvalue weighted by atomic mass is 10.2. The van der Waals surface area contributed by atoms with Crippen molar-refractivity contribution in [3.63, 3.8) is 0 Å². The molecular weight excluding hydrogens is 248 g/mol. The van der Waals surface area contributed by atoms with Gasteiger partial charge in [0.2, 0.25) is 0 Å². The molecule has 0 amide bonds. The van der Waals surface area contributed by atoms with Crippen LogP contribution in [0.3, 0.4) is 0 Å². The van der Waals surface area contributed by atoms with Gasteiger partial charge in [-0.15, -0.1) is 11.3 Å². The second-order valence-corrected chi connectivity index (χ2v) is 7.02. The first kappa shape index (κ1) is 12.9. The summed E-state index contributed by atoms with van der Waals surface area (Å²) in [4.78, 5) is 4.65. The Morgan fingerprint density at radius 2 is 2.12 bits per heavy atom. The summed E-state index contributed by atoms with van der Waals surface area (Å²) in [5.74, 6) is 0. The molecule has 0 aliphatic carbocycles. The Morgan fingerprint density at radius 3 is 2.82 bits per heavy atom. The third-order valence-electron chi connectivity index (χ3n) is 2.75. The summed E-state index contributed by atoms with van der Waals surface area (Å²) in [6.07, 6.45) is 1.16. The minimum Gasteiger partial charge on any atom is -0.317 e. The Kier molecular flexibility index (Phi) is 4.42. The number of nitrogens with zero attached hydrogens (tertiary/aromatic N) is 1. The second kappa shape index (κ2) is 5.85. The number of benzene rings is 1. The highest BCUT2D eigenvalue weighted by atomic mass is 32.2. The van der Waals surface area contributed by atoms with E-state index in [-0.39, 0.29) is 0 Å². The van der Waals surface area contributed by atoms with E-state index < -0.39 is 0 Å². The van der Waals surface area contributed by atoms with E-state index in [0.717, 1.165) is 11.9 Å². The maximum absolute atomic E-state index is 4.65. The molecule has 92 valence electrons. The van der Waals surface area contributed by atoms with Crippen LogP contribution in [0, 0.1) is 0 Å². The van der Waals surface area contributed by atoms with Gasteiger partial charge in [0.1, 0.15) is 0 Å². The third kappa shape index (κ3) is 3.44. The number of thiazole rings is 1. The van der Waals surface area contributed by atoms with E-state index in [1.54, 1.807) is 11.3 Å². The quantitative estimate of drug-likeness (QED) is 0.834. The van der Waals surface area contributed by atoms with E-state index in [9.17, 15) is 0 Å². The van der Waals surface area contributed by atoms with Crippen LogP contribution in [0.1, 0.15) is 20.3 Å². The van der Waals surface area contributed by atoms with E-state index in [1.165, 1.54) is 9.04 Å². The predicted molar refractivity (Wildman–Crippen MR) is 78.1 cm³/mol. The van der Waals surface area contributed by atoms with E-state index >= 15 is 0 Å². The summed E-state index contributed by atoms with van der Waals surface area (Å²) in [5.41, 5.74) is 1.12. The summed E-state index contributed by atoms with van der Waals surface area (Å²) in [6.45, 7) is 4.49. The number of hydrogen-bond acceptors (Lipinski definition) is 4. The lowest BCUT2D eigenvalue weighted by Gasteiger charge is -2.14. The molecule has 2 rings (SSSR count). The maximum Gasteiger partial charge on any atom is 0.151 e. The molecule has 0 aliphatic rings. The largest absolute Gasteiger partial charge is 0.317 e. The summed E-state index contributed by atoms with van der Waals surface area (Å²) >= 11 is 3.67. The van der Waals surface area contributed by atoms with Gasteiger partial charge < -0.3 is 5.32 Å². The van der Waals surface area contributed by atoms with E-state index in [0.29, 0.717) is 11.3 Å². The van der Waals surface area contributed by atoms with Gasteiger partial charge in [-0.25, -0.2) is 4.98 Å². The Bertz CT molecular complexity index is 448. The van der Waals surface area contributed by atoms with Crippen molar-refractivity contribution in [3.05, 3.63) is 24.3 Å². The molecule has 2 nitrogen and oxygen atoms in total. The zero-order chi connectivity index (χ0) is 12.3. The first-order valence-electron chi connectivity index (χ1n) is 5.88. The van der Waals surface area contributed by atoms with Crippen LogP contribution in [0.25, 0.3) is 10.2 Å². The smallest absolute Gasteiger partial charge is 0.151 e. The monoisotopic (exact) mass is 266 g/mol. The van der Waals surface area contributed by atoms with Crippen LogP contribution in [0.15, 0.2) is 28.6 Å². The zero-order valence-corrected chi connectivity index (χ0v) is 12.1. The van der Waals surface area contributed by atoms with Crippen molar-refractivity contribution in [2.24, 2.45) is 0 Å². The van der Waals surface area contributed by atoms with Crippen molar-refractivity contribution in [3.8, 4) is 0 Å². The van der Waals surface area contributed by atoms with Crippen molar-refractivity contribution in [1.82, 2.24) is 10.3 Å². The summed E-state index contributed by atoms with van der Waals surface area (Å²) in [6, 6.07) is 8.89. The van der Waals surface area contributed by atoms with Gasteiger partial charge in [-0.3, -0.25) is 0 Å². The van der Waals surface area contributed by atoms with Crippen LogP contribution in [-0.2, 0) is 0 Å². The fourth-order valence-electron chi connectivity index (χ4n) is 1.74. The number of fused-ring (bicyclic) bond motifs is 1. The topological polar surface area (TPSA) is 24.9 Å². The Morgan fingerprint density at radius 1 is 1.35 bits per heavy atom. The molecule has 0 aliphatic heterocycles. The van der Waals surface area contributed by atoms with Crippen LogP contribution in [0.4, 0.5) is 0 Å². The fourth-order valence-corrected chi connectivity index (χ4v) is 4.27. The molecule has 1 heterocycles. The lowest BCUT2D eigenvalue weighted by molar-refractivity contribution is 0.564. The molecule has 1 N–H and O–H groups in total. The van der Waals surface area contributed by atoms with Crippen molar-refractivity contribution < 1.29 is 0 Å². The third-order valence-corrected chi connectivity index (χ3v) is 5.01. The number of aromatic nitrogens is 1. The number of rotatable bonds is 5. The maximum atomic E-state index is 4.65. The molecule has 4 heteroatoms. The molecule has 0 fully saturated rings. The fraction of sp³-hybridized carbons (Fsp3) is 0.462.